The predicted molar refractivity (Wildman–Crippen MR) is 136 cm³/mol. The van der Waals surface area contributed by atoms with Gasteiger partial charge in [-0.15, -0.1) is 11.3 Å². The first-order chi connectivity index (χ1) is 15.6. The summed E-state index contributed by atoms with van der Waals surface area (Å²) in [5.41, 5.74) is 3.37. The van der Waals surface area contributed by atoms with Gasteiger partial charge in [-0.25, -0.2) is 4.68 Å². The molecule has 4 aromatic rings. The molecule has 3 heterocycles. The van der Waals surface area contributed by atoms with Crippen LogP contribution in [-0.2, 0) is 4.79 Å². The molecule has 0 saturated carbocycles. The average molecular weight is 476 g/mol. The summed E-state index contributed by atoms with van der Waals surface area (Å²) >= 11 is 8.44. The minimum atomic E-state index is -0.144. The number of rotatable bonds is 5. The molecule has 0 spiro atoms. The van der Waals surface area contributed by atoms with Crippen LogP contribution in [0.1, 0.15) is 5.56 Å². The van der Waals surface area contributed by atoms with Gasteiger partial charge in [0.2, 0.25) is 0 Å². The molecule has 5 rings (SSSR count). The first-order valence-electron chi connectivity index (χ1n) is 9.75. The highest BCUT2D eigenvalue weighted by Crippen LogP contribution is 2.38. The lowest BCUT2D eigenvalue weighted by molar-refractivity contribution is -0.113. The van der Waals surface area contributed by atoms with Gasteiger partial charge in [0, 0.05) is 11.8 Å². The molecule has 0 aliphatic carbocycles. The number of hydrogen-bond acceptors (Lipinski definition) is 6. The molecule has 5 nitrogen and oxygen atoms in total. The number of anilines is 1. The Balaban J connectivity index is 1.53. The van der Waals surface area contributed by atoms with Crippen molar-refractivity contribution in [2.24, 2.45) is 0 Å². The fourth-order valence-electron chi connectivity index (χ4n) is 3.37. The summed E-state index contributed by atoms with van der Waals surface area (Å²) in [5.74, 6) is 0.582. The summed E-state index contributed by atoms with van der Waals surface area (Å²) in [6.07, 6.45) is 3.83. The minimum absolute atomic E-state index is 0.144. The molecule has 8 heteroatoms. The number of benzene rings is 2. The zero-order valence-corrected chi connectivity index (χ0v) is 19.4. The predicted octanol–water partition coefficient (Wildman–Crippen LogP) is 6.02. The van der Waals surface area contributed by atoms with Crippen molar-refractivity contribution in [1.29, 1.82) is 0 Å². The Labute approximate surface area is 198 Å². The largest absolute Gasteiger partial charge is 0.497 e. The minimum Gasteiger partial charge on any atom is -0.497 e. The molecule has 2 aromatic heterocycles. The SMILES string of the molecule is COc1ccc(N2C(=O)/C(=C/c3cn(-c4ccccc4)nc3-c3cccs3)SC2=S)cc1. The summed E-state index contributed by atoms with van der Waals surface area (Å²) in [6, 6.07) is 21.2. The highest BCUT2D eigenvalue weighted by molar-refractivity contribution is 8.27. The number of thiophene rings is 1. The third-order valence-corrected chi connectivity index (χ3v) is 7.11. The van der Waals surface area contributed by atoms with Gasteiger partial charge in [-0.3, -0.25) is 9.69 Å². The molecule has 32 heavy (non-hydrogen) atoms. The fraction of sp³-hybridized carbons (Fsp3) is 0.0417. The number of aromatic nitrogens is 2. The number of carbonyl (C=O) groups is 1. The molecule has 1 aliphatic rings. The van der Waals surface area contributed by atoms with Gasteiger partial charge in [0.1, 0.15) is 11.4 Å². The van der Waals surface area contributed by atoms with Crippen LogP contribution in [-0.4, -0.2) is 27.1 Å². The smallest absolute Gasteiger partial charge is 0.270 e. The van der Waals surface area contributed by atoms with Gasteiger partial charge in [-0.2, -0.15) is 5.10 Å². The van der Waals surface area contributed by atoms with E-state index in [2.05, 4.69) is 0 Å². The van der Waals surface area contributed by atoms with Crippen LogP contribution in [0.15, 0.2) is 83.2 Å². The van der Waals surface area contributed by atoms with Crippen molar-refractivity contribution in [3.8, 4) is 22.0 Å². The second-order valence-corrected chi connectivity index (χ2v) is 9.53. The van der Waals surface area contributed by atoms with Gasteiger partial charge in [-0.1, -0.05) is 48.2 Å². The number of nitrogens with zero attached hydrogens (tertiary/aromatic N) is 3. The van der Waals surface area contributed by atoms with Crippen molar-refractivity contribution in [3.63, 3.8) is 0 Å². The van der Waals surface area contributed by atoms with Crippen LogP contribution >= 0.6 is 35.3 Å². The highest BCUT2D eigenvalue weighted by Gasteiger charge is 2.33. The third kappa shape index (κ3) is 3.88. The number of methoxy groups -OCH3 is 1. The number of thioether (sulfide) groups is 1. The Kier molecular flexibility index (Phi) is 5.65. The molecule has 1 aliphatic heterocycles. The summed E-state index contributed by atoms with van der Waals surface area (Å²) < 4.78 is 7.55. The summed E-state index contributed by atoms with van der Waals surface area (Å²) in [4.78, 5) is 16.4. The average Bonchev–Trinajstić information content (AvgIpc) is 3.55. The maximum Gasteiger partial charge on any atom is 0.270 e. The Morgan fingerprint density at radius 3 is 2.47 bits per heavy atom. The van der Waals surface area contributed by atoms with E-state index in [9.17, 15) is 4.79 Å². The van der Waals surface area contributed by atoms with Crippen molar-refractivity contribution in [1.82, 2.24) is 9.78 Å². The van der Waals surface area contributed by atoms with Crippen molar-refractivity contribution in [2.45, 2.75) is 0 Å². The molecule has 0 bridgehead atoms. The van der Waals surface area contributed by atoms with Crippen LogP contribution in [0.25, 0.3) is 22.3 Å². The lowest BCUT2D eigenvalue weighted by Gasteiger charge is -2.14. The highest BCUT2D eigenvalue weighted by atomic mass is 32.2. The van der Waals surface area contributed by atoms with Crippen molar-refractivity contribution >= 4 is 57.3 Å². The Morgan fingerprint density at radius 1 is 1.00 bits per heavy atom. The van der Waals surface area contributed by atoms with Gasteiger partial charge < -0.3 is 4.74 Å². The topological polar surface area (TPSA) is 47.4 Å². The number of hydrogen-bond donors (Lipinski definition) is 0. The molecule has 158 valence electrons. The van der Waals surface area contributed by atoms with E-state index in [1.165, 1.54) is 11.8 Å². The summed E-state index contributed by atoms with van der Waals surface area (Å²) in [6.45, 7) is 0. The van der Waals surface area contributed by atoms with Crippen LogP contribution in [0, 0.1) is 0 Å². The maximum atomic E-state index is 13.2. The van der Waals surface area contributed by atoms with Crippen molar-refractivity contribution in [3.05, 3.63) is 88.8 Å². The monoisotopic (exact) mass is 475 g/mol. The number of thiocarbonyl (C=S) groups is 1. The molecular formula is C24H17N3O2S3. The Hall–Kier alpha value is -3.20. The lowest BCUT2D eigenvalue weighted by atomic mass is 10.2. The zero-order chi connectivity index (χ0) is 22.1. The second kappa shape index (κ2) is 8.74. The zero-order valence-electron chi connectivity index (χ0n) is 17.0. The van der Waals surface area contributed by atoms with E-state index in [0.29, 0.717) is 9.23 Å². The van der Waals surface area contributed by atoms with E-state index < -0.39 is 0 Å². The lowest BCUT2D eigenvalue weighted by Crippen LogP contribution is -2.27. The van der Waals surface area contributed by atoms with E-state index in [0.717, 1.165) is 33.3 Å². The standard InChI is InChI=1S/C24H17N3O2S3/c1-29-19-11-9-18(10-12-19)27-23(28)21(32-24(27)30)14-16-15-26(17-6-3-2-4-7-17)25-22(16)20-8-5-13-31-20/h2-15H,1H3/b21-14-. The Morgan fingerprint density at radius 2 is 1.78 bits per heavy atom. The fourth-order valence-corrected chi connectivity index (χ4v) is 5.39. The van der Waals surface area contributed by atoms with Crippen LogP contribution in [0.5, 0.6) is 5.75 Å². The van der Waals surface area contributed by atoms with Gasteiger partial charge in [0.15, 0.2) is 4.32 Å². The molecule has 1 fully saturated rings. The third-order valence-electron chi connectivity index (χ3n) is 4.93. The van der Waals surface area contributed by atoms with Crippen LogP contribution in [0.3, 0.4) is 0 Å². The first kappa shape index (κ1) is 20.7. The van der Waals surface area contributed by atoms with Crippen LogP contribution < -0.4 is 9.64 Å². The van der Waals surface area contributed by atoms with Crippen molar-refractivity contribution in [2.75, 3.05) is 12.0 Å². The molecule has 0 N–H and O–H groups in total. The van der Waals surface area contributed by atoms with E-state index >= 15 is 0 Å². The second-order valence-electron chi connectivity index (χ2n) is 6.91. The number of ether oxygens (including phenoxy) is 1. The molecule has 0 radical (unpaired) electrons. The van der Waals surface area contributed by atoms with Gasteiger partial charge in [0.25, 0.3) is 5.91 Å². The van der Waals surface area contributed by atoms with E-state index in [4.69, 9.17) is 22.1 Å². The normalized spacial score (nSPS) is 15.0. The molecule has 0 unspecified atom stereocenters. The molecular weight excluding hydrogens is 458 g/mol. The Bertz CT molecular complexity index is 1310. The maximum absolute atomic E-state index is 13.2. The molecule has 0 atom stereocenters. The van der Waals surface area contributed by atoms with Gasteiger partial charge in [0.05, 0.1) is 28.3 Å². The number of carbonyl (C=O) groups excluding carboxylic acids is 1. The molecule has 1 saturated heterocycles. The van der Waals surface area contributed by atoms with E-state index in [1.54, 1.807) is 23.3 Å². The van der Waals surface area contributed by atoms with E-state index in [1.807, 2.05) is 89.1 Å². The van der Waals surface area contributed by atoms with Crippen molar-refractivity contribution < 1.29 is 9.53 Å². The van der Waals surface area contributed by atoms with Crippen LogP contribution in [0.4, 0.5) is 5.69 Å². The van der Waals surface area contributed by atoms with E-state index in [-0.39, 0.29) is 5.91 Å². The molecule has 1 amide bonds. The van der Waals surface area contributed by atoms with Gasteiger partial charge in [-0.05, 0) is 53.9 Å². The molecule has 2 aromatic carbocycles. The first-order valence-corrected chi connectivity index (χ1v) is 11.9. The summed E-state index contributed by atoms with van der Waals surface area (Å²) in [5, 5.41) is 6.82. The quantitative estimate of drug-likeness (QED) is 0.261. The number of para-hydroxylation sites is 1. The van der Waals surface area contributed by atoms with Gasteiger partial charge >= 0.3 is 0 Å². The summed E-state index contributed by atoms with van der Waals surface area (Å²) in [7, 11) is 1.61. The van der Waals surface area contributed by atoms with Crippen LogP contribution in [0.2, 0.25) is 0 Å². The number of amides is 1.